The zero-order chi connectivity index (χ0) is 30.4. The van der Waals surface area contributed by atoms with E-state index in [1.54, 1.807) is 30.5 Å². The number of aromatic nitrogens is 2. The summed E-state index contributed by atoms with van der Waals surface area (Å²) in [5, 5.41) is 3.03. The van der Waals surface area contributed by atoms with Crippen molar-refractivity contribution in [2.24, 2.45) is 0 Å². The molecule has 45 heavy (non-hydrogen) atoms. The van der Waals surface area contributed by atoms with Gasteiger partial charge >= 0.3 is 6.03 Å². The van der Waals surface area contributed by atoms with Crippen molar-refractivity contribution < 1.29 is 17.9 Å². The second kappa shape index (κ2) is 15.9. The molecule has 2 aromatic carbocycles. The maximum Gasteiger partial charge on any atom is 0.326 e. The molecule has 0 saturated carbocycles. The third-order valence-electron chi connectivity index (χ3n) is 7.17. The van der Waals surface area contributed by atoms with Gasteiger partial charge in [0, 0.05) is 55.0 Å². The Hall–Kier alpha value is -3.90. The second-order valence-electron chi connectivity index (χ2n) is 10.8. The Morgan fingerprint density at radius 1 is 0.933 bits per heavy atom. The van der Waals surface area contributed by atoms with Crippen LogP contribution in [-0.4, -0.2) is 54.7 Å². The minimum absolute atomic E-state index is 0. The molecule has 0 aliphatic carbocycles. The highest BCUT2D eigenvalue weighted by Crippen LogP contribution is 2.27. The molecule has 0 unspecified atom stereocenters. The summed E-state index contributed by atoms with van der Waals surface area (Å²) in [6.07, 6.45) is 6.28. The van der Waals surface area contributed by atoms with Crippen LogP contribution in [0.1, 0.15) is 29.7 Å². The molecule has 0 radical (unpaired) electrons. The van der Waals surface area contributed by atoms with Gasteiger partial charge in [0.05, 0.1) is 18.1 Å². The first-order chi connectivity index (χ1) is 20.6. The van der Waals surface area contributed by atoms with E-state index in [1.165, 1.54) is 0 Å². The molecule has 2 aromatic heterocycles. The zero-order valence-electron chi connectivity index (χ0n) is 25.3. The number of piperidine rings is 1. The molecule has 2 amide bonds. The molecular formula is C32H38Cl2N6O4S. The van der Waals surface area contributed by atoms with Gasteiger partial charge in [0.1, 0.15) is 5.75 Å². The van der Waals surface area contributed by atoms with Crippen LogP contribution >= 0.6 is 24.8 Å². The van der Waals surface area contributed by atoms with Gasteiger partial charge < -0.3 is 10.1 Å². The molecule has 3 heterocycles. The summed E-state index contributed by atoms with van der Waals surface area (Å²) >= 11 is 0. The number of rotatable bonds is 9. The average Bonchev–Trinajstić information content (AvgIpc) is 2.97. The first kappa shape index (κ1) is 35.6. The van der Waals surface area contributed by atoms with Gasteiger partial charge in [-0.15, -0.1) is 24.8 Å². The fraction of sp³-hybridized carbons (Fsp3) is 0.281. The number of hydrogen-bond acceptors (Lipinski definition) is 7. The lowest BCUT2D eigenvalue weighted by atomic mass is 10.0. The van der Waals surface area contributed by atoms with Crippen LogP contribution in [0.25, 0.3) is 0 Å². The molecule has 13 heteroatoms. The van der Waals surface area contributed by atoms with Gasteiger partial charge in [0.15, 0.2) is 0 Å². The van der Waals surface area contributed by atoms with Gasteiger partial charge in [-0.25, -0.2) is 18.2 Å². The maximum absolute atomic E-state index is 13.5. The number of aryl methyl sites for hydroxylation is 2. The second-order valence-corrected chi connectivity index (χ2v) is 12.6. The van der Waals surface area contributed by atoms with Crippen LogP contribution in [0.15, 0.2) is 85.2 Å². The number of ether oxygens (including phenoxy) is 1. The number of anilines is 3. The van der Waals surface area contributed by atoms with E-state index >= 15 is 0 Å². The van der Waals surface area contributed by atoms with E-state index in [0.717, 1.165) is 61.2 Å². The molecule has 1 aliphatic heterocycles. The number of likely N-dealkylation sites (tertiary alicyclic amines) is 1. The van der Waals surface area contributed by atoms with Crippen molar-refractivity contribution in [3.05, 3.63) is 102 Å². The van der Waals surface area contributed by atoms with Crippen molar-refractivity contribution in [3.8, 4) is 11.6 Å². The van der Waals surface area contributed by atoms with Gasteiger partial charge in [-0.05, 0) is 86.3 Å². The maximum atomic E-state index is 13.5. The van der Waals surface area contributed by atoms with Crippen LogP contribution in [0.3, 0.4) is 0 Å². The monoisotopic (exact) mass is 672 g/mol. The predicted octanol–water partition coefficient (Wildman–Crippen LogP) is 6.80. The van der Waals surface area contributed by atoms with Crippen LogP contribution in [-0.2, 0) is 16.6 Å². The van der Waals surface area contributed by atoms with Gasteiger partial charge in [0.2, 0.25) is 15.9 Å². The highest BCUT2D eigenvalue weighted by molar-refractivity contribution is 7.92. The van der Waals surface area contributed by atoms with E-state index in [9.17, 15) is 13.2 Å². The normalized spacial score (nSPS) is 13.6. The van der Waals surface area contributed by atoms with Crippen LogP contribution in [0.5, 0.6) is 11.6 Å². The summed E-state index contributed by atoms with van der Waals surface area (Å²) in [7, 11) is -3.33. The first-order valence-electron chi connectivity index (χ1n) is 14.1. The largest absolute Gasteiger partial charge is 0.439 e. The number of carbonyl (C=O) groups excluding carboxylic acids is 1. The van der Waals surface area contributed by atoms with Gasteiger partial charge in [-0.2, -0.15) is 0 Å². The summed E-state index contributed by atoms with van der Waals surface area (Å²) < 4.78 is 31.0. The lowest BCUT2D eigenvalue weighted by Crippen LogP contribution is -2.49. The van der Waals surface area contributed by atoms with Gasteiger partial charge in [-0.1, -0.05) is 18.2 Å². The number of urea groups is 1. The van der Waals surface area contributed by atoms with Crippen LogP contribution in [0, 0.1) is 13.8 Å². The smallest absolute Gasteiger partial charge is 0.326 e. The lowest BCUT2D eigenvalue weighted by molar-refractivity contribution is 0.199. The minimum atomic E-state index is -3.33. The summed E-state index contributed by atoms with van der Waals surface area (Å²) in [6, 6.07) is 22.2. The molecule has 0 atom stereocenters. The summed E-state index contributed by atoms with van der Waals surface area (Å²) in [4.78, 5) is 26.6. The quantitative estimate of drug-likeness (QED) is 0.201. The number of hydrogen-bond donors (Lipinski definition) is 2. The SMILES string of the molecule is Cc1cccc(N(C(=O)Nc2ccc(C)nc2)C2CCN(Cc3ccc(Oc4ccc(NS(C)(=O)=O)cc4)nc3)CC2)c1.Cl.Cl. The van der Waals surface area contributed by atoms with Crippen LogP contribution < -0.4 is 19.7 Å². The number of nitrogens with zero attached hydrogens (tertiary/aromatic N) is 4. The van der Waals surface area contributed by atoms with E-state index < -0.39 is 10.0 Å². The number of amides is 2. The number of nitrogens with one attached hydrogen (secondary N) is 2. The molecule has 1 saturated heterocycles. The Morgan fingerprint density at radius 3 is 2.24 bits per heavy atom. The molecule has 2 N–H and O–H groups in total. The number of sulfonamides is 1. The molecule has 1 fully saturated rings. The lowest BCUT2D eigenvalue weighted by Gasteiger charge is -2.38. The standard InChI is InChI=1S/C32H36N6O4S.2ClH/c1-23-5-4-6-29(19-23)38(32(39)35-27-9-7-24(2)33-21-27)28-15-17-37(18-16-28)22-25-8-14-31(34-20-25)42-30-12-10-26(11-13-30)36-43(3,40)41;;/h4-14,19-21,28,36H,15-18,22H2,1-3H3,(H,35,39);2*1H. The van der Waals surface area contributed by atoms with Gasteiger partial charge in [0.25, 0.3) is 0 Å². The molecular weight excluding hydrogens is 635 g/mol. The number of benzene rings is 2. The van der Waals surface area contributed by atoms with E-state index in [0.29, 0.717) is 23.0 Å². The van der Waals surface area contributed by atoms with E-state index in [4.69, 9.17) is 4.74 Å². The van der Waals surface area contributed by atoms with Crippen LogP contribution in [0.2, 0.25) is 0 Å². The van der Waals surface area contributed by atoms with E-state index in [-0.39, 0.29) is 36.9 Å². The Morgan fingerprint density at radius 2 is 1.64 bits per heavy atom. The third kappa shape index (κ3) is 10.3. The summed E-state index contributed by atoms with van der Waals surface area (Å²) in [6.45, 7) is 6.39. The van der Waals surface area contributed by atoms with Crippen molar-refractivity contribution >= 4 is 57.9 Å². The van der Waals surface area contributed by atoms with Gasteiger partial charge in [-0.3, -0.25) is 19.5 Å². The molecule has 10 nitrogen and oxygen atoms in total. The fourth-order valence-electron chi connectivity index (χ4n) is 5.08. The number of pyridine rings is 2. The van der Waals surface area contributed by atoms with Crippen LogP contribution in [0.4, 0.5) is 21.9 Å². The first-order valence-corrected chi connectivity index (χ1v) is 16.0. The van der Waals surface area contributed by atoms with E-state index in [2.05, 4.69) is 31.0 Å². The molecule has 5 rings (SSSR count). The topological polar surface area (TPSA) is 117 Å². The Balaban J connectivity index is 0.00000276. The Labute approximate surface area is 277 Å². The number of halogens is 2. The van der Waals surface area contributed by atoms with Crippen molar-refractivity contribution in [2.75, 3.05) is 34.3 Å². The molecule has 4 aromatic rings. The average molecular weight is 674 g/mol. The fourth-order valence-corrected chi connectivity index (χ4v) is 5.65. The summed E-state index contributed by atoms with van der Waals surface area (Å²) in [5.74, 6) is 1.01. The molecule has 0 spiro atoms. The highest BCUT2D eigenvalue weighted by atomic mass is 35.5. The molecule has 240 valence electrons. The zero-order valence-corrected chi connectivity index (χ0v) is 27.8. The highest BCUT2D eigenvalue weighted by Gasteiger charge is 2.29. The van der Waals surface area contributed by atoms with Crippen molar-refractivity contribution in [1.82, 2.24) is 14.9 Å². The van der Waals surface area contributed by atoms with E-state index in [1.807, 2.05) is 67.4 Å². The molecule has 0 bridgehead atoms. The minimum Gasteiger partial charge on any atom is -0.439 e. The Kier molecular flexibility index (Phi) is 12.6. The molecule has 1 aliphatic rings. The Bertz CT molecular complexity index is 1650. The van der Waals surface area contributed by atoms with Crippen molar-refractivity contribution in [1.29, 1.82) is 0 Å². The summed E-state index contributed by atoms with van der Waals surface area (Å²) in [5.41, 5.74) is 5.09. The van der Waals surface area contributed by atoms with Crippen molar-refractivity contribution in [3.63, 3.8) is 0 Å². The predicted molar refractivity (Wildman–Crippen MR) is 184 cm³/mol. The third-order valence-corrected chi connectivity index (χ3v) is 7.77. The van der Waals surface area contributed by atoms with Crippen molar-refractivity contribution in [2.45, 2.75) is 39.3 Å². The number of carbonyl (C=O) groups is 1.